The van der Waals surface area contributed by atoms with Crippen molar-refractivity contribution in [1.82, 2.24) is 29.7 Å². The molecule has 2 atom stereocenters. The minimum absolute atomic E-state index is 0.0665. The molecule has 1 aliphatic carbocycles. The molecule has 0 aromatic carbocycles. The number of hydrogen-bond donors (Lipinski definition) is 1. The molecule has 14 heteroatoms. The number of methoxy groups -OCH3 is 3. The average Bonchev–Trinajstić information content (AvgIpc) is 3.22. The summed E-state index contributed by atoms with van der Waals surface area (Å²) in [5.74, 6) is 1.09. The maximum absolute atomic E-state index is 13.4. The monoisotopic (exact) mass is 523 g/mol. The summed E-state index contributed by atoms with van der Waals surface area (Å²) in [6, 6.07) is 5.17. The maximum atomic E-state index is 13.4. The molecule has 4 rings (SSSR count). The zero-order valence-electron chi connectivity index (χ0n) is 19.6. The molecule has 1 saturated carbocycles. The van der Waals surface area contributed by atoms with Crippen molar-refractivity contribution in [3.8, 4) is 17.4 Å². The van der Waals surface area contributed by atoms with Gasteiger partial charge in [0, 0.05) is 38.7 Å². The lowest BCUT2D eigenvalue weighted by Gasteiger charge is -2.36. The largest absolute Gasteiger partial charge is 0.481 e. The van der Waals surface area contributed by atoms with Crippen molar-refractivity contribution in [2.75, 3.05) is 26.1 Å². The fraction of sp³-hybridized carbons (Fsp3) is 0.476. The third-order valence-electron chi connectivity index (χ3n) is 5.92. The van der Waals surface area contributed by atoms with Crippen LogP contribution in [0.25, 0.3) is 11.5 Å². The van der Waals surface area contributed by atoms with Crippen LogP contribution in [0.5, 0.6) is 5.88 Å². The first-order valence-corrected chi connectivity index (χ1v) is 12.7. The molecule has 0 spiro atoms. The van der Waals surface area contributed by atoms with E-state index in [0.717, 1.165) is 0 Å². The van der Waals surface area contributed by atoms with E-state index < -0.39 is 21.4 Å². The van der Waals surface area contributed by atoms with E-state index in [0.29, 0.717) is 35.3 Å². The third kappa shape index (κ3) is 5.22. The van der Waals surface area contributed by atoms with Crippen molar-refractivity contribution in [3.05, 3.63) is 41.4 Å². The fourth-order valence-corrected chi connectivity index (χ4v) is 5.07. The molecule has 12 nitrogen and oxygen atoms in total. The quantitative estimate of drug-likeness (QED) is 0.421. The van der Waals surface area contributed by atoms with E-state index >= 15 is 0 Å². The maximum Gasteiger partial charge on any atom is 0.240 e. The van der Waals surface area contributed by atoms with E-state index in [4.69, 9.17) is 25.8 Å². The molecule has 3 heterocycles. The summed E-state index contributed by atoms with van der Waals surface area (Å²) in [5, 5.41) is 7.67. The van der Waals surface area contributed by atoms with E-state index in [1.54, 1.807) is 29.9 Å². The fourth-order valence-electron chi connectivity index (χ4n) is 3.83. The predicted molar refractivity (Wildman–Crippen MR) is 128 cm³/mol. The molecule has 3 aromatic rings. The van der Waals surface area contributed by atoms with Crippen molar-refractivity contribution >= 4 is 27.6 Å². The van der Waals surface area contributed by atoms with Crippen LogP contribution < -0.4 is 9.46 Å². The van der Waals surface area contributed by atoms with Gasteiger partial charge in [0.15, 0.2) is 11.6 Å². The zero-order chi connectivity index (χ0) is 25.2. The van der Waals surface area contributed by atoms with Gasteiger partial charge in [-0.25, -0.2) is 23.4 Å². The van der Waals surface area contributed by atoms with Crippen molar-refractivity contribution in [3.63, 3.8) is 0 Å². The summed E-state index contributed by atoms with van der Waals surface area (Å²) in [5.41, 5.74) is 0.501. The summed E-state index contributed by atoms with van der Waals surface area (Å²) >= 11 is 5.86. The van der Waals surface area contributed by atoms with Crippen LogP contribution in [0.2, 0.25) is 5.02 Å². The second-order valence-electron chi connectivity index (χ2n) is 8.03. The average molecular weight is 524 g/mol. The predicted octanol–water partition coefficient (Wildman–Crippen LogP) is 2.66. The van der Waals surface area contributed by atoms with Crippen molar-refractivity contribution < 1.29 is 22.6 Å². The van der Waals surface area contributed by atoms with Crippen LogP contribution in [0.3, 0.4) is 0 Å². The Morgan fingerprint density at radius 2 is 1.86 bits per heavy atom. The number of ether oxygens (including phenoxy) is 3. The van der Waals surface area contributed by atoms with Crippen molar-refractivity contribution in [2.45, 2.75) is 43.3 Å². The van der Waals surface area contributed by atoms with Gasteiger partial charge in [0.2, 0.25) is 21.9 Å². The number of nitrogens with zero attached hydrogens (tertiary/aromatic N) is 6. The Labute approximate surface area is 208 Å². The van der Waals surface area contributed by atoms with Gasteiger partial charge in [0.25, 0.3) is 0 Å². The summed E-state index contributed by atoms with van der Waals surface area (Å²) in [6.07, 6.45) is 3.24. The van der Waals surface area contributed by atoms with Gasteiger partial charge in [-0.15, -0.1) is 10.2 Å². The Morgan fingerprint density at radius 1 is 1.14 bits per heavy atom. The summed E-state index contributed by atoms with van der Waals surface area (Å²) < 4.78 is 47.1. The number of hydrogen-bond acceptors (Lipinski definition) is 10. The molecule has 1 N–H and O–H groups in total. The van der Waals surface area contributed by atoms with Crippen LogP contribution in [0.15, 0.2) is 30.6 Å². The van der Waals surface area contributed by atoms with Gasteiger partial charge < -0.3 is 14.2 Å². The molecule has 0 bridgehead atoms. The zero-order valence-corrected chi connectivity index (χ0v) is 21.2. The van der Waals surface area contributed by atoms with Crippen LogP contribution >= 0.6 is 11.6 Å². The second-order valence-corrected chi connectivity index (χ2v) is 10.5. The highest BCUT2D eigenvalue weighted by Crippen LogP contribution is 2.39. The lowest BCUT2D eigenvalue weighted by molar-refractivity contribution is 0.00718. The molecular weight excluding hydrogens is 498 g/mol. The number of anilines is 1. The Kier molecular flexibility index (Phi) is 7.50. The number of aromatic nitrogens is 6. The van der Waals surface area contributed by atoms with Gasteiger partial charge in [0.05, 0.1) is 18.2 Å². The van der Waals surface area contributed by atoms with E-state index in [2.05, 4.69) is 29.9 Å². The topological polar surface area (TPSA) is 143 Å². The van der Waals surface area contributed by atoms with Gasteiger partial charge in [-0.2, -0.15) is 0 Å². The Balaban J connectivity index is 1.67. The highest BCUT2D eigenvalue weighted by molar-refractivity contribution is 7.93. The summed E-state index contributed by atoms with van der Waals surface area (Å²) in [4.78, 5) is 12.7. The SMILES string of the molecule is COc1cccc(-c2nnc(NS(=O)(=O)C(C)C(OC)c3ncc(Cl)cn3)n2[C@H]2C[C@H](OC)C2)n1. The molecular formula is C21H26ClN7O5S. The first-order valence-electron chi connectivity index (χ1n) is 10.8. The molecule has 2 unspecified atom stereocenters. The standard InChI is InChI=1S/C21H26ClN7O5S/c1-12(18(34-4)19-23-10-13(22)11-24-19)35(30,31)28-21-27-26-20(16-6-5-7-17(25-16)33-3)29(21)14-8-15(9-14)32-2/h5-7,10-12,14-15,18H,8-9H2,1-4H3,(H,27,28)/t12?,14-,15-,18?. The summed E-state index contributed by atoms with van der Waals surface area (Å²) in [7, 11) is 0.543. The number of sulfonamides is 1. The Morgan fingerprint density at radius 3 is 2.49 bits per heavy atom. The normalized spacial score (nSPS) is 19.6. The van der Waals surface area contributed by atoms with E-state index in [1.807, 2.05) is 0 Å². The molecule has 1 fully saturated rings. The Bertz CT molecular complexity index is 1270. The van der Waals surface area contributed by atoms with E-state index in [-0.39, 0.29) is 23.9 Å². The van der Waals surface area contributed by atoms with Crippen molar-refractivity contribution in [1.29, 1.82) is 0 Å². The lowest BCUT2D eigenvalue weighted by Crippen LogP contribution is -2.36. The molecule has 0 amide bonds. The van der Waals surface area contributed by atoms with Crippen LogP contribution in [0, 0.1) is 0 Å². The van der Waals surface area contributed by atoms with Gasteiger partial charge in [-0.1, -0.05) is 17.7 Å². The first-order chi connectivity index (χ1) is 16.8. The van der Waals surface area contributed by atoms with E-state index in [9.17, 15) is 8.42 Å². The molecule has 0 radical (unpaired) electrons. The first kappa shape index (κ1) is 25.2. The molecule has 35 heavy (non-hydrogen) atoms. The molecule has 1 aliphatic rings. The molecule has 0 aliphatic heterocycles. The smallest absolute Gasteiger partial charge is 0.240 e. The molecule has 188 valence electrons. The minimum Gasteiger partial charge on any atom is -0.481 e. The van der Waals surface area contributed by atoms with Gasteiger partial charge in [0.1, 0.15) is 17.0 Å². The number of nitrogens with one attached hydrogen (secondary N) is 1. The van der Waals surface area contributed by atoms with Crippen LogP contribution in [-0.2, 0) is 19.5 Å². The van der Waals surface area contributed by atoms with Gasteiger partial charge in [-0.3, -0.25) is 9.29 Å². The minimum atomic E-state index is -4.01. The van der Waals surface area contributed by atoms with Gasteiger partial charge in [-0.05, 0) is 25.8 Å². The van der Waals surface area contributed by atoms with Crippen molar-refractivity contribution in [2.24, 2.45) is 0 Å². The van der Waals surface area contributed by atoms with Crippen LogP contribution in [0.1, 0.15) is 37.7 Å². The van der Waals surface area contributed by atoms with Crippen LogP contribution in [-0.4, -0.2) is 70.8 Å². The molecule has 0 saturated heterocycles. The third-order valence-corrected chi connectivity index (χ3v) is 7.81. The summed E-state index contributed by atoms with van der Waals surface area (Å²) in [6.45, 7) is 1.50. The van der Waals surface area contributed by atoms with Gasteiger partial charge >= 0.3 is 0 Å². The van der Waals surface area contributed by atoms with E-state index in [1.165, 1.54) is 33.5 Å². The number of rotatable bonds is 10. The lowest BCUT2D eigenvalue weighted by atomic mass is 9.89. The highest BCUT2D eigenvalue weighted by Gasteiger charge is 2.38. The number of pyridine rings is 1. The Hall–Kier alpha value is -2.87. The number of halogens is 1. The van der Waals surface area contributed by atoms with Crippen LogP contribution in [0.4, 0.5) is 5.95 Å². The second kappa shape index (κ2) is 10.4. The highest BCUT2D eigenvalue weighted by atomic mass is 35.5. The molecule has 3 aromatic heterocycles.